The number of nitrogens with one attached hydrogen (secondary N) is 1. The third-order valence-electron chi connectivity index (χ3n) is 3.25. The summed E-state index contributed by atoms with van der Waals surface area (Å²) < 4.78 is 0. The van der Waals surface area contributed by atoms with Crippen LogP contribution in [0.4, 0.5) is 0 Å². The molecule has 17 heavy (non-hydrogen) atoms. The van der Waals surface area contributed by atoms with E-state index < -0.39 is 11.4 Å². The van der Waals surface area contributed by atoms with Gasteiger partial charge in [-0.25, -0.2) is 0 Å². The topological polar surface area (TPSA) is 86.6 Å². The molecule has 0 aromatic carbocycles. The molecular formula is C12H23NO4. The summed E-state index contributed by atoms with van der Waals surface area (Å²) in [6.07, 6.45) is -0.0435. The number of carbonyl (C=O) groups is 2. The summed E-state index contributed by atoms with van der Waals surface area (Å²) in [5, 5.41) is 20.6. The first-order chi connectivity index (χ1) is 7.74. The molecule has 0 saturated carbocycles. The van der Waals surface area contributed by atoms with Crippen LogP contribution in [0.2, 0.25) is 0 Å². The standard InChI is InChI=1S/C12H23NO4/c1-8(2)12(4,11(16)17)5-10(15)13-6-9(3)7-14/h8-9,14H,5-7H2,1-4H3,(H,13,15)(H,16,17). The molecule has 0 saturated heterocycles. The lowest BCUT2D eigenvalue weighted by atomic mass is 9.76. The molecule has 0 aliphatic carbocycles. The van der Waals surface area contributed by atoms with Crippen molar-refractivity contribution in [2.24, 2.45) is 17.3 Å². The van der Waals surface area contributed by atoms with Gasteiger partial charge in [0, 0.05) is 19.6 Å². The number of hydrogen-bond acceptors (Lipinski definition) is 3. The third kappa shape index (κ3) is 4.73. The van der Waals surface area contributed by atoms with Crippen LogP contribution in [0.5, 0.6) is 0 Å². The molecule has 0 aromatic heterocycles. The molecule has 2 unspecified atom stereocenters. The van der Waals surface area contributed by atoms with Crippen molar-refractivity contribution >= 4 is 11.9 Å². The van der Waals surface area contributed by atoms with Gasteiger partial charge in [0.05, 0.1) is 5.41 Å². The summed E-state index contributed by atoms with van der Waals surface area (Å²) in [4.78, 5) is 22.8. The van der Waals surface area contributed by atoms with Crippen molar-refractivity contribution < 1.29 is 19.8 Å². The van der Waals surface area contributed by atoms with Gasteiger partial charge in [-0.05, 0) is 18.8 Å². The summed E-state index contributed by atoms with van der Waals surface area (Å²) in [6.45, 7) is 7.33. The Morgan fingerprint density at radius 3 is 2.18 bits per heavy atom. The molecule has 5 heteroatoms. The highest BCUT2D eigenvalue weighted by Gasteiger charge is 2.38. The van der Waals surface area contributed by atoms with Crippen LogP contribution < -0.4 is 5.32 Å². The smallest absolute Gasteiger partial charge is 0.310 e. The Kier molecular flexibility index (Phi) is 6.16. The van der Waals surface area contributed by atoms with Crippen LogP contribution in [0.3, 0.4) is 0 Å². The maximum absolute atomic E-state index is 11.6. The maximum Gasteiger partial charge on any atom is 0.310 e. The highest BCUT2D eigenvalue weighted by Crippen LogP contribution is 2.31. The van der Waals surface area contributed by atoms with Crippen LogP contribution in [0.15, 0.2) is 0 Å². The molecule has 0 radical (unpaired) electrons. The van der Waals surface area contributed by atoms with E-state index in [0.29, 0.717) is 6.54 Å². The average molecular weight is 245 g/mol. The number of rotatable bonds is 7. The summed E-state index contributed by atoms with van der Waals surface area (Å²) in [5.74, 6) is -1.39. The Morgan fingerprint density at radius 1 is 1.29 bits per heavy atom. The molecule has 0 fully saturated rings. The normalized spacial score (nSPS) is 16.4. The highest BCUT2D eigenvalue weighted by molar-refractivity contribution is 5.84. The molecule has 0 bridgehead atoms. The van der Waals surface area contributed by atoms with E-state index in [0.717, 1.165) is 0 Å². The van der Waals surface area contributed by atoms with Crippen molar-refractivity contribution in [2.45, 2.75) is 34.1 Å². The van der Waals surface area contributed by atoms with E-state index in [-0.39, 0.29) is 30.8 Å². The second-order valence-electron chi connectivity index (χ2n) is 5.15. The van der Waals surface area contributed by atoms with Crippen LogP contribution in [-0.2, 0) is 9.59 Å². The fourth-order valence-corrected chi connectivity index (χ4v) is 1.28. The Hall–Kier alpha value is -1.10. The second kappa shape index (κ2) is 6.59. The largest absolute Gasteiger partial charge is 0.481 e. The number of aliphatic hydroxyl groups is 1. The molecule has 0 heterocycles. The van der Waals surface area contributed by atoms with Gasteiger partial charge < -0.3 is 15.5 Å². The summed E-state index contributed by atoms with van der Waals surface area (Å²) in [7, 11) is 0. The number of aliphatic hydroxyl groups excluding tert-OH is 1. The fourth-order valence-electron chi connectivity index (χ4n) is 1.28. The maximum atomic E-state index is 11.6. The lowest BCUT2D eigenvalue weighted by Gasteiger charge is -2.28. The predicted octanol–water partition coefficient (Wildman–Crippen LogP) is 0.868. The first-order valence-electron chi connectivity index (χ1n) is 5.85. The molecule has 2 atom stereocenters. The van der Waals surface area contributed by atoms with E-state index in [1.807, 2.05) is 0 Å². The van der Waals surface area contributed by atoms with Gasteiger partial charge in [0.15, 0.2) is 0 Å². The zero-order valence-corrected chi connectivity index (χ0v) is 11.0. The van der Waals surface area contributed by atoms with E-state index in [4.69, 9.17) is 10.2 Å². The molecule has 0 rings (SSSR count). The average Bonchev–Trinajstić information content (AvgIpc) is 2.25. The van der Waals surface area contributed by atoms with Crippen LogP contribution in [0.25, 0.3) is 0 Å². The molecule has 0 aromatic rings. The lowest BCUT2D eigenvalue weighted by molar-refractivity contribution is -0.153. The summed E-state index contributed by atoms with van der Waals surface area (Å²) >= 11 is 0. The Balaban J connectivity index is 4.39. The minimum Gasteiger partial charge on any atom is -0.481 e. The van der Waals surface area contributed by atoms with E-state index >= 15 is 0 Å². The van der Waals surface area contributed by atoms with Crippen LogP contribution in [-0.4, -0.2) is 35.2 Å². The number of aliphatic carboxylic acids is 1. The predicted molar refractivity (Wildman–Crippen MR) is 64.5 cm³/mol. The number of hydrogen-bond donors (Lipinski definition) is 3. The van der Waals surface area contributed by atoms with Gasteiger partial charge in [-0.15, -0.1) is 0 Å². The molecule has 1 amide bonds. The van der Waals surface area contributed by atoms with Crippen LogP contribution in [0.1, 0.15) is 34.1 Å². The van der Waals surface area contributed by atoms with Crippen molar-refractivity contribution in [1.29, 1.82) is 0 Å². The first-order valence-corrected chi connectivity index (χ1v) is 5.85. The Morgan fingerprint density at radius 2 is 1.82 bits per heavy atom. The van der Waals surface area contributed by atoms with E-state index in [1.165, 1.54) is 0 Å². The van der Waals surface area contributed by atoms with Crippen molar-refractivity contribution in [2.75, 3.05) is 13.2 Å². The van der Waals surface area contributed by atoms with E-state index in [2.05, 4.69) is 5.32 Å². The number of carboxylic acid groups (broad SMARTS) is 1. The number of amides is 1. The molecule has 0 aliphatic rings. The van der Waals surface area contributed by atoms with Gasteiger partial charge in [0.2, 0.25) is 5.91 Å². The lowest BCUT2D eigenvalue weighted by Crippen LogP contribution is -2.40. The van der Waals surface area contributed by atoms with E-state index in [9.17, 15) is 9.59 Å². The van der Waals surface area contributed by atoms with Gasteiger partial charge >= 0.3 is 5.97 Å². The molecule has 3 N–H and O–H groups in total. The van der Waals surface area contributed by atoms with Crippen molar-refractivity contribution in [3.63, 3.8) is 0 Å². The van der Waals surface area contributed by atoms with E-state index in [1.54, 1.807) is 27.7 Å². The summed E-state index contributed by atoms with van der Waals surface area (Å²) in [5.41, 5.74) is -1.05. The van der Waals surface area contributed by atoms with Gasteiger partial charge in [0.25, 0.3) is 0 Å². The van der Waals surface area contributed by atoms with Crippen molar-refractivity contribution in [3.05, 3.63) is 0 Å². The van der Waals surface area contributed by atoms with Crippen LogP contribution >= 0.6 is 0 Å². The van der Waals surface area contributed by atoms with Crippen molar-refractivity contribution in [1.82, 2.24) is 5.32 Å². The van der Waals surface area contributed by atoms with Gasteiger partial charge in [0.1, 0.15) is 0 Å². The monoisotopic (exact) mass is 245 g/mol. The third-order valence-corrected chi connectivity index (χ3v) is 3.25. The molecule has 0 aliphatic heterocycles. The Labute approximate surface area is 102 Å². The summed E-state index contributed by atoms with van der Waals surface area (Å²) in [6, 6.07) is 0. The SMILES string of the molecule is CC(CO)CNC(=O)CC(C)(C(=O)O)C(C)C. The minimum absolute atomic E-state index is 0.000654. The van der Waals surface area contributed by atoms with Gasteiger partial charge in [-0.3, -0.25) is 9.59 Å². The zero-order chi connectivity index (χ0) is 13.6. The first kappa shape index (κ1) is 15.9. The van der Waals surface area contributed by atoms with Crippen LogP contribution in [0, 0.1) is 17.3 Å². The van der Waals surface area contributed by atoms with Crippen molar-refractivity contribution in [3.8, 4) is 0 Å². The fraction of sp³-hybridized carbons (Fsp3) is 0.833. The molecular weight excluding hydrogens is 222 g/mol. The second-order valence-corrected chi connectivity index (χ2v) is 5.15. The zero-order valence-electron chi connectivity index (χ0n) is 11.0. The highest BCUT2D eigenvalue weighted by atomic mass is 16.4. The van der Waals surface area contributed by atoms with Gasteiger partial charge in [-0.1, -0.05) is 20.8 Å². The number of carboxylic acids is 1. The van der Waals surface area contributed by atoms with Gasteiger partial charge in [-0.2, -0.15) is 0 Å². The molecule has 5 nitrogen and oxygen atoms in total. The Bertz CT molecular complexity index is 278. The molecule has 100 valence electrons. The quantitative estimate of drug-likeness (QED) is 0.621. The molecule has 0 spiro atoms. The minimum atomic E-state index is -1.05. The number of carbonyl (C=O) groups excluding carboxylic acids is 1.